The molecule has 0 aromatic heterocycles. The van der Waals surface area contributed by atoms with Gasteiger partial charge in [0.05, 0.1) is 24.8 Å². The van der Waals surface area contributed by atoms with Gasteiger partial charge in [-0.15, -0.1) is 0 Å². The van der Waals surface area contributed by atoms with E-state index >= 15 is 0 Å². The number of ketones is 1. The SMILES string of the molecule is CCCOc1ccc(/C(O)=C2/C(=O)C(=O)N(Cc3ccccc3OC(C)(C)C)C2c2cccc(C)c2)cc1C. The second-order valence-electron chi connectivity index (χ2n) is 11.0. The van der Waals surface area contributed by atoms with E-state index in [-0.39, 0.29) is 17.9 Å². The second kappa shape index (κ2) is 11.4. The number of carbonyl (C=O) groups is 2. The van der Waals surface area contributed by atoms with Crippen LogP contribution in [0.25, 0.3) is 5.76 Å². The molecule has 1 aliphatic rings. The van der Waals surface area contributed by atoms with Crippen molar-refractivity contribution in [3.63, 3.8) is 0 Å². The summed E-state index contributed by atoms with van der Waals surface area (Å²) in [5, 5.41) is 11.5. The van der Waals surface area contributed by atoms with Crippen molar-refractivity contribution in [2.45, 2.75) is 66.2 Å². The number of hydrogen-bond donors (Lipinski definition) is 1. The van der Waals surface area contributed by atoms with E-state index in [9.17, 15) is 14.7 Å². The summed E-state index contributed by atoms with van der Waals surface area (Å²) < 4.78 is 11.9. The fourth-order valence-corrected chi connectivity index (χ4v) is 4.80. The highest BCUT2D eigenvalue weighted by Gasteiger charge is 2.46. The summed E-state index contributed by atoms with van der Waals surface area (Å²) in [7, 11) is 0. The van der Waals surface area contributed by atoms with E-state index in [1.54, 1.807) is 18.2 Å². The molecule has 6 nitrogen and oxygen atoms in total. The molecular weight excluding hydrogens is 490 g/mol. The lowest BCUT2D eigenvalue weighted by atomic mass is 9.94. The van der Waals surface area contributed by atoms with Gasteiger partial charge in [-0.05, 0) is 76.4 Å². The molecule has 204 valence electrons. The molecule has 1 atom stereocenters. The first-order chi connectivity index (χ1) is 18.5. The van der Waals surface area contributed by atoms with E-state index in [1.165, 1.54) is 4.90 Å². The molecule has 0 saturated carbocycles. The van der Waals surface area contributed by atoms with E-state index in [2.05, 4.69) is 0 Å². The Hall–Kier alpha value is -4.06. The number of rotatable bonds is 8. The van der Waals surface area contributed by atoms with Crippen molar-refractivity contribution in [3.05, 3.63) is 100 Å². The average Bonchev–Trinajstić information content (AvgIpc) is 3.13. The van der Waals surface area contributed by atoms with Gasteiger partial charge in [-0.2, -0.15) is 0 Å². The fraction of sp³-hybridized carbons (Fsp3) is 0.333. The minimum atomic E-state index is -0.760. The van der Waals surface area contributed by atoms with Crippen molar-refractivity contribution < 1.29 is 24.2 Å². The highest BCUT2D eigenvalue weighted by atomic mass is 16.5. The zero-order valence-corrected chi connectivity index (χ0v) is 23.6. The molecule has 6 heteroatoms. The van der Waals surface area contributed by atoms with Crippen molar-refractivity contribution in [2.24, 2.45) is 0 Å². The third kappa shape index (κ3) is 6.17. The van der Waals surface area contributed by atoms with Crippen LogP contribution in [-0.4, -0.2) is 33.9 Å². The maximum absolute atomic E-state index is 13.5. The average molecular weight is 528 g/mol. The van der Waals surface area contributed by atoms with Crippen LogP contribution in [0, 0.1) is 13.8 Å². The maximum Gasteiger partial charge on any atom is 0.295 e. The van der Waals surface area contributed by atoms with Crippen LogP contribution >= 0.6 is 0 Å². The van der Waals surface area contributed by atoms with Crippen molar-refractivity contribution in [2.75, 3.05) is 6.61 Å². The maximum atomic E-state index is 13.5. The number of hydrogen-bond acceptors (Lipinski definition) is 5. The summed E-state index contributed by atoms with van der Waals surface area (Å²) in [5.41, 5.74) is 3.45. The number of aliphatic hydroxyl groups excluding tert-OH is 1. The van der Waals surface area contributed by atoms with Gasteiger partial charge < -0.3 is 19.5 Å². The molecule has 0 bridgehead atoms. The number of Topliss-reactive ketones (excluding diaryl/α,β-unsaturated/α-hetero) is 1. The predicted molar refractivity (Wildman–Crippen MR) is 153 cm³/mol. The Morgan fingerprint density at radius 3 is 2.36 bits per heavy atom. The van der Waals surface area contributed by atoms with Crippen molar-refractivity contribution in [3.8, 4) is 11.5 Å². The van der Waals surface area contributed by atoms with Crippen LogP contribution in [0.5, 0.6) is 11.5 Å². The van der Waals surface area contributed by atoms with E-state index in [0.717, 1.165) is 34.4 Å². The Morgan fingerprint density at radius 1 is 0.949 bits per heavy atom. The molecule has 0 aliphatic carbocycles. The van der Waals surface area contributed by atoms with Gasteiger partial charge in [0, 0.05) is 11.1 Å². The zero-order chi connectivity index (χ0) is 28.3. The molecule has 3 aromatic carbocycles. The summed E-state index contributed by atoms with van der Waals surface area (Å²) in [6, 6.07) is 19.7. The Morgan fingerprint density at radius 2 is 1.69 bits per heavy atom. The Kier molecular flexibility index (Phi) is 8.14. The highest BCUT2D eigenvalue weighted by molar-refractivity contribution is 6.46. The van der Waals surface area contributed by atoms with Crippen molar-refractivity contribution in [1.29, 1.82) is 0 Å². The molecule has 1 unspecified atom stereocenters. The molecule has 4 rings (SSSR count). The van der Waals surface area contributed by atoms with Gasteiger partial charge in [0.1, 0.15) is 22.9 Å². The van der Waals surface area contributed by atoms with Crippen molar-refractivity contribution in [1.82, 2.24) is 4.90 Å². The number of likely N-dealkylation sites (tertiary alicyclic amines) is 1. The van der Waals surface area contributed by atoms with Crippen LogP contribution in [-0.2, 0) is 16.1 Å². The summed E-state index contributed by atoms with van der Waals surface area (Å²) in [6.07, 6.45) is 0.880. The highest BCUT2D eigenvalue weighted by Crippen LogP contribution is 2.41. The first kappa shape index (κ1) is 28.0. The summed E-state index contributed by atoms with van der Waals surface area (Å²) in [5.74, 6) is -0.204. The number of aryl methyl sites for hydroxylation is 2. The standard InChI is InChI=1S/C33H37NO5/c1-7-17-38-26-16-15-24(19-22(26)3)30(35)28-29(23-13-10-11-21(2)18-23)34(32(37)31(28)36)20-25-12-8-9-14-27(25)39-33(4,5)6/h8-16,18-19,29,35H,7,17,20H2,1-6H3/b30-28-. The molecule has 1 aliphatic heterocycles. The van der Waals surface area contributed by atoms with Gasteiger partial charge in [-0.25, -0.2) is 0 Å². The molecule has 1 heterocycles. The lowest BCUT2D eigenvalue weighted by Crippen LogP contribution is -2.30. The Balaban J connectivity index is 1.82. The Bertz CT molecular complexity index is 1420. The normalized spacial score (nSPS) is 17.0. The van der Waals surface area contributed by atoms with Gasteiger partial charge in [-0.3, -0.25) is 9.59 Å². The lowest BCUT2D eigenvalue weighted by molar-refractivity contribution is -0.140. The molecule has 0 radical (unpaired) electrons. The fourth-order valence-electron chi connectivity index (χ4n) is 4.80. The van der Waals surface area contributed by atoms with Gasteiger partial charge in [0.2, 0.25) is 0 Å². The van der Waals surface area contributed by atoms with E-state index in [1.807, 2.05) is 90.1 Å². The van der Waals surface area contributed by atoms with Crippen LogP contribution in [0.4, 0.5) is 0 Å². The molecule has 1 fully saturated rings. The lowest BCUT2D eigenvalue weighted by Gasteiger charge is -2.28. The van der Waals surface area contributed by atoms with Gasteiger partial charge in [-0.1, -0.05) is 55.0 Å². The number of ether oxygens (including phenoxy) is 2. The third-order valence-electron chi connectivity index (χ3n) is 6.54. The van der Waals surface area contributed by atoms with Crippen LogP contribution in [0.15, 0.2) is 72.3 Å². The number of para-hydroxylation sites is 1. The van der Waals surface area contributed by atoms with Gasteiger partial charge in [0.15, 0.2) is 0 Å². The topological polar surface area (TPSA) is 76.1 Å². The Labute approximate surface area is 230 Å². The molecule has 0 spiro atoms. The monoisotopic (exact) mass is 527 g/mol. The predicted octanol–water partition coefficient (Wildman–Crippen LogP) is 6.89. The van der Waals surface area contributed by atoms with Crippen LogP contribution in [0.1, 0.15) is 68.0 Å². The number of carbonyl (C=O) groups excluding carboxylic acids is 2. The zero-order valence-electron chi connectivity index (χ0n) is 23.6. The van der Waals surface area contributed by atoms with Crippen molar-refractivity contribution >= 4 is 17.4 Å². The first-order valence-corrected chi connectivity index (χ1v) is 13.4. The largest absolute Gasteiger partial charge is 0.507 e. The molecule has 1 N–H and O–H groups in total. The van der Waals surface area contributed by atoms with E-state index in [4.69, 9.17) is 9.47 Å². The summed E-state index contributed by atoms with van der Waals surface area (Å²) in [4.78, 5) is 28.6. The minimum Gasteiger partial charge on any atom is -0.507 e. The molecule has 1 saturated heterocycles. The van der Waals surface area contributed by atoms with Gasteiger partial charge >= 0.3 is 0 Å². The van der Waals surface area contributed by atoms with E-state index in [0.29, 0.717) is 17.9 Å². The molecule has 1 amide bonds. The number of aliphatic hydroxyl groups is 1. The smallest absolute Gasteiger partial charge is 0.295 e. The number of amides is 1. The molecule has 3 aromatic rings. The quantitative estimate of drug-likeness (QED) is 0.196. The van der Waals surface area contributed by atoms with Crippen LogP contribution in [0.2, 0.25) is 0 Å². The number of benzene rings is 3. The number of nitrogens with zero attached hydrogens (tertiary/aromatic N) is 1. The molecule has 39 heavy (non-hydrogen) atoms. The van der Waals surface area contributed by atoms with Gasteiger partial charge in [0.25, 0.3) is 11.7 Å². The summed E-state index contributed by atoms with van der Waals surface area (Å²) >= 11 is 0. The van der Waals surface area contributed by atoms with Crippen LogP contribution in [0.3, 0.4) is 0 Å². The third-order valence-corrected chi connectivity index (χ3v) is 6.54. The van der Waals surface area contributed by atoms with E-state index < -0.39 is 23.3 Å². The van der Waals surface area contributed by atoms with Crippen LogP contribution < -0.4 is 9.47 Å². The second-order valence-corrected chi connectivity index (χ2v) is 11.0. The first-order valence-electron chi connectivity index (χ1n) is 13.4. The summed E-state index contributed by atoms with van der Waals surface area (Å²) in [6.45, 7) is 12.5. The minimum absolute atomic E-state index is 0.0708. The molecular formula is C33H37NO5.